The smallest absolute Gasteiger partial charge is 0.271 e. The number of rotatable bonds is 5. The van der Waals surface area contributed by atoms with Gasteiger partial charge in [0.05, 0.1) is 25.7 Å². The summed E-state index contributed by atoms with van der Waals surface area (Å²) in [6.07, 6.45) is 6.66. The van der Waals surface area contributed by atoms with Crippen molar-refractivity contribution in [3.05, 3.63) is 53.4 Å². The Kier molecular flexibility index (Phi) is 5.88. The second kappa shape index (κ2) is 8.85. The third-order valence-corrected chi connectivity index (χ3v) is 7.44. The molecule has 2 aromatic heterocycles. The van der Waals surface area contributed by atoms with Crippen molar-refractivity contribution in [1.82, 2.24) is 14.8 Å². The molecule has 1 N–H and O–H groups in total. The van der Waals surface area contributed by atoms with E-state index in [1.807, 2.05) is 48.7 Å². The van der Waals surface area contributed by atoms with E-state index in [0.29, 0.717) is 23.6 Å². The Morgan fingerprint density at radius 2 is 1.91 bits per heavy atom. The molecular weight excluding hydrogens is 430 g/mol. The Labute approximate surface area is 200 Å². The highest BCUT2D eigenvalue weighted by Gasteiger charge is 2.48. The monoisotopic (exact) mass is 463 g/mol. The maximum absolute atomic E-state index is 13.9. The molecule has 34 heavy (non-hydrogen) atoms. The van der Waals surface area contributed by atoms with Crippen LogP contribution in [0.4, 0.5) is 0 Å². The number of ether oxygens (including phenoxy) is 1. The number of carbonyl (C=O) groups is 2. The molecular formula is C27H33N3O4. The van der Waals surface area contributed by atoms with Crippen molar-refractivity contribution in [2.75, 3.05) is 7.11 Å². The van der Waals surface area contributed by atoms with Crippen LogP contribution >= 0.6 is 0 Å². The zero-order chi connectivity index (χ0) is 23.9. The number of benzene rings is 1. The van der Waals surface area contributed by atoms with E-state index in [9.17, 15) is 9.59 Å². The molecule has 3 aromatic rings. The molecule has 0 saturated heterocycles. The maximum atomic E-state index is 13.9. The summed E-state index contributed by atoms with van der Waals surface area (Å²) in [6, 6.07) is 11.5. The molecule has 0 spiro atoms. The zero-order valence-electron chi connectivity index (χ0n) is 20.2. The van der Waals surface area contributed by atoms with Crippen LogP contribution in [0.5, 0.6) is 5.75 Å². The highest BCUT2D eigenvalue weighted by Crippen LogP contribution is 2.36. The number of nitrogens with one attached hydrogen (secondary N) is 1. The van der Waals surface area contributed by atoms with Crippen molar-refractivity contribution in [2.45, 2.75) is 77.0 Å². The van der Waals surface area contributed by atoms with Crippen molar-refractivity contribution in [1.29, 1.82) is 0 Å². The van der Waals surface area contributed by atoms with Crippen LogP contribution in [0.3, 0.4) is 0 Å². The summed E-state index contributed by atoms with van der Waals surface area (Å²) in [7, 11) is 1.62. The van der Waals surface area contributed by atoms with E-state index in [1.165, 1.54) is 12.8 Å². The van der Waals surface area contributed by atoms with Gasteiger partial charge in [0.25, 0.3) is 5.91 Å². The molecule has 2 amide bonds. The highest BCUT2D eigenvalue weighted by molar-refractivity contribution is 6.03. The molecule has 2 aliphatic rings. The van der Waals surface area contributed by atoms with E-state index < -0.39 is 5.54 Å². The minimum absolute atomic E-state index is 0.102. The van der Waals surface area contributed by atoms with E-state index in [0.717, 1.165) is 42.5 Å². The molecule has 0 bridgehead atoms. The fraction of sp³-hybridized carbons (Fsp3) is 0.481. The molecule has 1 fully saturated rings. The molecule has 5 rings (SSSR count). The number of hydrogen-bond acceptors (Lipinski definition) is 4. The number of aromatic nitrogens is 1. The number of nitrogens with zero attached hydrogens (tertiary/aromatic N) is 2. The summed E-state index contributed by atoms with van der Waals surface area (Å²) in [6.45, 7) is 4.42. The van der Waals surface area contributed by atoms with E-state index in [4.69, 9.17) is 9.15 Å². The third kappa shape index (κ3) is 3.87. The Hall–Kier alpha value is -3.22. The highest BCUT2D eigenvalue weighted by atomic mass is 16.5. The molecule has 7 nitrogen and oxygen atoms in total. The Bertz CT molecular complexity index is 1220. The lowest BCUT2D eigenvalue weighted by Crippen LogP contribution is -2.64. The first-order valence-corrected chi connectivity index (χ1v) is 12.3. The van der Waals surface area contributed by atoms with Gasteiger partial charge in [-0.2, -0.15) is 0 Å². The fourth-order valence-electron chi connectivity index (χ4n) is 5.48. The van der Waals surface area contributed by atoms with Crippen molar-refractivity contribution in [3.8, 4) is 5.75 Å². The predicted octanol–water partition coefficient (Wildman–Crippen LogP) is 4.81. The van der Waals surface area contributed by atoms with Crippen LogP contribution in [-0.4, -0.2) is 40.0 Å². The van der Waals surface area contributed by atoms with Crippen LogP contribution in [0.15, 0.2) is 40.8 Å². The van der Waals surface area contributed by atoms with Gasteiger partial charge >= 0.3 is 0 Å². The van der Waals surface area contributed by atoms with Crippen LogP contribution in [0.1, 0.15) is 67.3 Å². The van der Waals surface area contributed by atoms with Gasteiger partial charge in [-0.05, 0) is 32.8 Å². The number of furan rings is 1. The van der Waals surface area contributed by atoms with Gasteiger partial charge in [-0.1, -0.05) is 43.9 Å². The minimum Gasteiger partial charge on any atom is -0.496 e. The van der Waals surface area contributed by atoms with Gasteiger partial charge in [-0.25, -0.2) is 0 Å². The molecule has 1 saturated carbocycles. The Morgan fingerprint density at radius 1 is 1.18 bits per heavy atom. The van der Waals surface area contributed by atoms with Gasteiger partial charge in [0.1, 0.15) is 22.7 Å². The number of carbonyl (C=O) groups excluding carboxylic acids is 2. The van der Waals surface area contributed by atoms with Gasteiger partial charge < -0.3 is 23.9 Å². The maximum Gasteiger partial charge on any atom is 0.271 e. The molecule has 1 atom stereocenters. The van der Waals surface area contributed by atoms with Crippen molar-refractivity contribution < 1.29 is 18.7 Å². The lowest BCUT2D eigenvalue weighted by molar-refractivity contribution is -0.134. The number of methoxy groups -OCH3 is 1. The summed E-state index contributed by atoms with van der Waals surface area (Å²) >= 11 is 0. The Balaban J connectivity index is 1.54. The summed E-state index contributed by atoms with van der Waals surface area (Å²) in [5.74, 6) is 1.20. The number of hydrogen-bond donors (Lipinski definition) is 1. The zero-order valence-corrected chi connectivity index (χ0v) is 20.2. The quantitative estimate of drug-likeness (QED) is 0.551. The predicted molar refractivity (Wildman–Crippen MR) is 130 cm³/mol. The molecule has 7 heteroatoms. The topological polar surface area (TPSA) is 76.7 Å². The average molecular weight is 464 g/mol. The lowest BCUT2D eigenvalue weighted by Gasteiger charge is -2.44. The second-order valence-electron chi connectivity index (χ2n) is 9.86. The normalized spacial score (nSPS) is 21.4. The second-order valence-corrected chi connectivity index (χ2v) is 9.86. The van der Waals surface area contributed by atoms with E-state index >= 15 is 0 Å². The summed E-state index contributed by atoms with van der Waals surface area (Å²) in [5, 5.41) is 3.31. The van der Waals surface area contributed by atoms with Crippen LogP contribution in [0, 0.1) is 6.92 Å². The largest absolute Gasteiger partial charge is 0.496 e. The molecule has 1 aromatic carbocycles. The fourth-order valence-corrected chi connectivity index (χ4v) is 5.48. The first-order valence-electron chi connectivity index (χ1n) is 12.3. The minimum atomic E-state index is -1.06. The molecule has 0 radical (unpaired) electrons. The van der Waals surface area contributed by atoms with Crippen LogP contribution in [0.25, 0.3) is 11.1 Å². The summed E-state index contributed by atoms with van der Waals surface area (Å²) in [4.78, 5) is 29.5. The molecule has 1 aliphatic heterocycles. The van der Waals surface area contributed by atoms with Gasteiger partial charge in [0, 0.05) is 23.7 Å². The van der Waals surface area contributed by atoms with Crippen LogP contribution in [0.2, 0.25) is 0 Å². The molecule has 1 unspecified atom stereocenters. The van der Waals surface area contributed by atoms with Gasteiger partial charge in [-0.3, -0.25) is 9.59 Å². The van der Waals surface area contributed by atoms with Crippen molar-refractivity contribution in [3.63, 3.8) is 0 Å². The number of fused-ring (bicyclic) bond motifs is 3. The van der Waals surface area contributed by atoms with E-state index in [1.54, 1.807) is 18.1 Å². The Morgan fingerprint density at radius 3 is 2.65 bits per heavy atom. The van der Waals surface area contributed by atoms with E-state index in [-0.39, 0.29) is 24.4 Å². The summed E-state index contributed by atoms with van der Waals surface area (Å²) in [5.41, 5.74) is 1.88. The molecule has 180 valence electrons. The van der Waals surface area contributed by atoms with Gasteiger partial charge in [0.15, 0.2) is 5.58 Å². The SMILES string of the molecule is COc1ccccc1CN1C(=O)c2cc3oc(C)cc3n2CC1(C)C(=O)NC1CCCCCC1. The van der Waals surface area contributed by atoms with Crippen LogP contribution < -0.4 is 10.1 Å². The first kappa shape index (κ1) is 22.6. The van der Waals surface area contributed by atoms with Gasteiger partial charge in [-0.15, -0.1) is 0 Å². The van der Waals surface area contributed by atoms with E-state index in [2.05, 4.69) is 5.32 Å². The average Bonchev–Trinajstić information content (AvgIpc) is 3.22. The number of para-hydroxylation sites is 1. The van der Waals surface area contributed by atoms with Gasteiger partial charge in [0.2, 0.25) is 5.91 Å². The molecule has 1 aliphatic carbocycles. The summed E-state index contributed by atoms with van der Waals surface area (Å²) < 4.78 is 13.3. The first-order chi connectivity index (χ1) is 16.4. The number of aryl methyl sites for hydroxylation is 1. The van der Waals surface area contributed by atoms with Crippen molar-refractivity contribution >= 4 is 22.9 Å². The lowest BCUT2D eigenvalue weighted by atomic mass is 9.92. The van der Waals surface area contributed by atoms with Crippen LogP contribution in [-0.2, 0) is 17.9 Å². The molecule has 3 heterocycles. The third-order valence-electron chi connectivity index (χ3n) is 7.44. The number of amides is 2. The standard InChI is InChI=1S/C27H33N3O4/c1-18-14-21-24(34-18)15-22-25(31)30(16-19-10-8-9-13-23(19)33-3)27(2,17-29(21)22)26(32)28-20-11-6-4-5-7-12-20/h8-10,13-15,20H,4-7,11-12,16-17H2,1-3H3,(H,28,32). The van der Waals surface area contributed by atoms with Crippen molar-refractivity contribution in [2.24, 2.45) is 0 Å².